The van der Waals surface area contributed by atoms with Gasteiger partial charge in [-0.2, -0.15) is 0 Å². The number of hydrogen-bond acceptors (Lipinski definition) is 3. The van der Waals surface area contributed by atoms with Crippen molar-refractivity contribution in [3.05, 3.63) is 0 Å². The van der Waals surface area contributed by atoms with E-state index in [0.717, 1.165) is 31.7 Å². The summed E-state index contributed by atoms with van der Waals surface area (Å²) in [5.41, 5.74) is 5.11. The van der Waals surface area contributed by atoms with Gasteiger partial charge in [0.2, 0.25) is 5.91 Å². The molecule has 18 heavy (non-hydrogen) atoms. The first-order valence-corrected chi connectivity index (χ1v) is 7.34. The van der Waals surface area contributed by atoms with Crippen LogP contribution in [-0.4, -0.2) is 42.5 Å². The van der Waals surface area contributed by atoms with Crippen LogP contribution in [0.4, 0.5) is 0 Å². The molecule has 3 N–H and O–H groups in total. The van der Waals surface area contributed by atoms with E-state index in [1.807, 2.05) is 7.05 Å². The van der Waals surface area contributed by atoms with E-state index in [9.17, 15) is 4.79 Å². The van der Waals surface area contributed by atoms with E-state index in [2.05, 4.69) is 17.1 Å². The number of carbonyl (C=O) groups excluding carboxylic acids is 1. The van der Waals surface area contributed by atoms with Crippen LogP contribution in [0.2, 0.25) is 0 Å². The quantitative estimate of drug-likeness (QED) is 0.745. The van der Waals surface area contributed by atoms with E-state index in [0.29, 0.717) is 6.04 Å². The van der Waals surface area contributed by atoms with Crippen molar-refractivity contribution >= 4 is 5.91 Å². The molecule has 2 saturated carbocycles. The number of nitrogens with zero attached hydrogens (tertiary/aromatic N) is 1. The Morgan fingerprint density at radius 2 is 2.17 bits per heavy atom. The number of nitrogens with two attached hydrogens (primary N) is 1. The summed E-state index contributed by atoms with van der Waals surface area (Å²) in [6.45, 7) is 4.52. The highest BCUT2D eigenvalue weighted by atomic mass is 16.1. The molecule has 4 nitrogen and oxygen atoms in total. The number of nitrogens with one attached hydrogen (secondary N) is 1. The fourth-order valence-electron chi connectivity index (χ4n) is 3.45. The van der Waals surface area contributed by atoms with E-state index >= 15 is 0 Å². The van der Waals surface area contributed by atoms with Gasteiger partial charge in [-0.25, -0.2) is 0 Å². The summed E-state index contributed by atoms with van der Waals surface area (Å²) in [7, 11) is 1.86. The van der Waals surface area contributed by atoms with Gasteiger partial charge in [0.15, 0.2) is 0 Å². The largest absolute Gasteiger partial charge is 0.368 e. The Morgan fingerprint density at radius 1 is 1.44 bits per heavy atom. The summed E-state index contributed by atoms with van der Waals surface area (Å²) >= 11 is 0. The highest BCUT2D eigenvalue weighted by molar-refractivity contribution is 5.85. The molecule has 2 aliphatic rings. The molecule has 0 aromatic rings. The van der Waals surface area contributed by atoms with Gasteiger partial charge < -0.3 is 16.0 Å². The molecule has 0 aromatic heterocycles. The number of primary amides is 1. The summed E-state index contributed by atoms with van der Waals surface area (Å²) in [4.78, 5) is 14.2. The normalized spacial score (nSPS) is 32.7. The van der Waals surface area contributed by atoms with Crippen molar-refractivity contribution in [1.82, 2.24) is 10.2 Å². The Bertz CT molecular complexity index is 303. The van der Waals surface area contributed by atoms with Crippen molar-refractivity contribution in [2.24, 2.45) is 11.7 Å². The lowest BCUT2D eigenvalue weighted by Gasteiger charge is -2.36. The Labute approximate surface area is 110 Å². The second-order valence-corrected chi connectivity index (χ2v) is 5.98. The van der Waals surface area contributed by atoms with Gasteiger partial charge in [-0.1, -0.05) is 13.3 Å². The lowest BCUT2D eigenvalue weighted by atomic mass is 9.84. The standard InChI is InChI=1S/C14H27N3O/c1-3-17(10-11-5-4-6-11)12-7-8-14(9-12,16-2)13(15)18/h11-12,16H,3-10H2,1-2H3,(H2,15,18). The predicted molar refractivity (Wildman–Crippen MR) is 73.2 cm³/mol. The Balaban J connectivity index is 1.94. The highest BCUT2D eigenvalue weighted by Gasteiger charge is 2.44. The third-order valence-corrected chi connectivity index (χ3v) is 5.08. The minimum absolute atomic E-state index is 0.188. The van der Waals surface area contributed by atoms with E-state index in [4.69, 9.17) is 5.73 Å². The molecule has 0 bridgehead atoms. The number of carbonyl (C=O) groups is 1. The average molecular weight is 253 g/mol. The predicted octanol–water partition coefficient (Wildman–Crippen LogP) is 1.10. The first-order valence-electron chi connectivity index (χ1n) is 7.34. The third kappa shape index (κ3) is 2.54. The third-order valence-electron chi connectivity index (χ3n) is 5.08. The summed E-state index contributed by atoms with van der Waals surface area (Å²) < 4.78 is 0. The minimum Gasteiger partial charge on any atom is -0.368 e. The molecule has 2 atom stereocenters. The molecule has 0 saturated heterocycles. The Morgan fingerprint density at radius 3 is 2.56 bits per heavy atom. The lowest BCUT2D eigenvalue weighted by Crippen LogP contribution is -2.53. The second kappa shape index (κ2) is 5.57. The molecular formula is C14H27N3O. The van der Waals surface area contributed by atoms with Gasteiger partial charge in [-0.15, -0.1) is 0 Å². The van der Waals surface area contributed by atoms with Gasteiger partial charge >= 0.3 is 0 Å². The maximum atomic E-state index is 11.6. The van der Waals surface area contributed by atoms with Crippen LogP contribution in [0.25, 0.3) is 0 Å². The molecule has 104 valence electrons. The monoisotopic (exact) mass is 253 g/mol. The fourth-order valence-corrected chi connectivity index (χ4v) is 3.45. The average Bonchev–Trinajstić information content (AvgIpc) is 2.73. The molecular weight excluding hydrogens is 226 g/mol. The molecule has 4 heteroatoms. The van der Waals surface area contributed by atoms with E-state index in [1.165, 1.54) is 25.8 Å². The first kappa shape index (κ1) is 13.8. The molecule has 0 aromatic carbocycles. The fraction of sp³-hybridized carbons (Fsp3) is 0.929. The molecule has 1 amide bonds. The number of amides is 1. The number of hydrogen-bond donors (Lipinski definition) is 2. The second-order valence-electron chi connectivity index (χ2n) is 5.98. The van der Waals surface area contributed by atoms with Crippen LogP contribution >= 0.6 is 0 Å². The molecule has 0 aliphatic heterocycles. The van der Waals surface area contributed by atoms with Crippen LogP contribution in [0, 0.1) is 5.92 Å². The van der Waals surface area contributed by atoms with E-state index < -0.39 is 5.54 Å². The highest BCUT2D eigenvalue weighted by Crippen LogP contribution is 2.35. The van der Waals surface area contributed by atoms with Crippen molar-refractivity contribution in [3.63, 3.8) is 0 Å². The van der Waals surface area contributed by atoms with Gasteiger partial charge in [-0.05, 0) is 51.6 Å². The maximum absolute atomic E-state index is 11.6. The Kier molecular flexibility index (Phi) is 4.28. The van der Waals surface area contributed by atoms with Crippen LogP contribution in [0.15, 0.2) is 0 Å². The van der Waals surface area contributed by atoms with Crippen molar-refractivity contribution in [1.29, 1.82) is 0 Å². The molecule has 0 spiro atoms. The zero-order valence-corrected chi connectivity index (χ0v) is 11.7. The molecule has 2 unspecified atom stereocenters. The molecule has 0 radical (unpaired) electrons. The zero-order chi connectivity index (χ0) is 13.2. The molecule has 2 aliphatic carbocycles. The van der Waals surface area contributed by atoms with Crippen LogP contribution in [0.5, 0.6) is 0 Å². The molecule has 2 fully saturated rings. The maximum Gasteiger partial charge on any atom is 0.237 e. The van der Waals surface area contributed by atoms with Gasteiger partial charge in [0, 0.05) is 12.6 Å². The summed E-state index contributed by atoms with van der Waals surface area (Å²) in [6.07, 6.45) is 7.01. The zero-order valence-electron chi connectivity index (χ0n) is 11.7. The topological polar surface area (TPSA) is 58.4 Å². The van der Waals surface area contributed by atoms with Crippen LogP contribution in [0.1, 0.15) is 45.4 Å². The smallest absolute Gasteiger partial charge is 0.237 e. The molecule has 0 heterocycles. The summed E-state index contributed by atoms with van der Waals surface area (Å²) in [5, 5.41) is 3.17. The van der Waals surface area contributed by atoms with Crippen LogP contribution < -0.4 is 11.1 Å². The lowest BCUT2D eigenvalue weighted by molar-refractivity contribution is -0.124. The van der Waals surface area contributed by atoms with Crippen molar-refractivity contribution in [3.8, 4) is 0 Å². The van der Waals surface area contributed by atoms with Gasteiger partial charge in [0.05, 0.1) is 5.54 Å². The van der Waals surface area contributed by atoms with E-state index in [-0.39, 0.29) is 5.91 Å². The number of likely N-dealkylation sites (N-methyl/N-ethyl adjacent to an activating group) is 1. The summed E-state index contributed by atoms with van der Waals surface area (Å²) in [5.74, 6) is 0.704. The van der Waals surface area contributed by atoms with Crippen LogP contribution in [0.3, 0.4) is 0 Å². The summed E-state index contributed by atoms with van der Waals surface area (Å²) in [6, 6.07) is 0.524. The first-order chi connectivity index (χ1) is 8.61. The number of rotatable bonds is 6. The van der Waals surface area contributed by atoms with Gasteiger partial charge in [0.1, 0.15) is 0 Å². The van der Waals surface area contributed by atoms with E-state index in [1.54, 1.807) is 0 Å². The van der Waals surface area contributed by atoms with Gasteiger partial charge in [-0.3, -0.25) is 4.79 Å². The minimum atomic E-state index is -0.461. The van der Waals surface area contributed by atoms with Crippen LogP contribution in [-0.2, 0) is 4.79 Å². The SMILES string of the molecule is CCN(CC1CCC1)C1CCC(NC)(C(N)=O)C1. The Hall–Kier alpha value is -0.610. The van der Waals surface area contributed by atoms with Gasteiger partial charge in [0.25, 0.3) is 0 Å². The van der Waals surface area contributed by atoms with Crippen molar-refractivity contribution < 1.29 is 4.79 Å². The van der Waals surface area contributed by atoms with Crippen molar-refractivity contribution in [2.75, 3.05) is 20.1 Å². The van der Waals surface area contributed by atoms with Crippen molar-refractivity contribution in [2.45, 2.75) is 57.0 Å². The molecule has 2 rings (SSSR count).